The molecule has 5 rings (SSSR count). The fourth-order valence-electron chi connectivity index (χ4n) is 4.37. The van der Waals surface area contributed by atoms with Gasteiger partial charge >= 0.3 is 5.97 Å². The highest BCUT2D eigenvalue weighted by Crippen LogP contribution is 2.40. The van der Waals surface area contributed by atoms with E-state index in [4.69, 9.17) is 14.6 Å². The minimum atomic E-state index is -0.957. The van der Waals surface area contributed by atoms with Crippen molar-refractivity contribution >= 4 is 29.3 Å². The number of aromatic carboxylic acids is 1. The van der Waals surface area contributed by atoms with Crippen molar-refractivity contribution in [3.63, 3.8) is 0 Å². The summed E-state index contributed by atoms with van der Waals surface area (Å²) in [4.78, 5) is 28.8. The zero-order valence-electron chi connectivity index (χ0n) is 21.5. The molecule has 3 N–H and O–H groups in total. The first-order chi connectivity index (χ1) is 19.5. The lowest BCUT2D eigenvalue weighted by Crippen LogP contribution is -2.31. The number of carbonyl (C=O) groups excluding carboxylic acids is 1. The topological polar surface area (TPSA) is 118 Å². The van der Waals surface area contributed by atoms with Gasteiger partial charge in [-0.15, -0.1) is 11.8 Å². The van der Waals surface area contributed by atoms with Crippen molar-refractivity contribution in [2.24, 2.45) is 0 Å². The SMILES string of the molecule is O=C(O)c1ccc(SC[C@@H]2C[C@H](c3ccc(CO)cc3)O[C@H](c3cccc(NC(=O)c4cccnc4)c3)O2)cc1. The Balaban J connectivity index is 1.34. The molecule has 0 unspecified atom stereocenters. The number of nitrogens with zero attached hydrogens (tertiary/aromatic N) is 1. The molecule has 1 fully saturated rings. The Labute approximate surface area is 236 Å². The molecule has 0 spiro atoms. The van der Waals surface area contributed by atoms with Crippen molar-refractivity contribution in [1.29, 1.82) is 0 Å². The second-order valence-electron chi connectivity index (χ2n) is 9.31. The van der Waals surface area contributed by atoms with Crippen LogP contribution in [0.3, 0.4) is 0 Å². The van der Waals surface area contributed by atoms with Crippen LogP contribution in [0.25, 0.3) is 0 Å². The van der Waals surface area contributed by atoms with Crippen molar-refractivity contribution in [2.45, 2.75) is 36.4 Å². The highest BCUT2D eigenvalue weighted by Gasteiger charge is 2.32. The number of carbonyl (C=O) groups is 2. The fraction of sp³-hybridized carbons (Fsp3) is 0.194. The van der Waals surface area contributed by atoms with Gasteiger partial charge in [-0.3, -0.25) is 9.78 Å². The van der Waals surface area contributed by atoms with E-state index in [0.717, 1.165) is 21.6 Å². The smallest absolute Gasteiger partial charge is 0.335 e. The number of nitrogens with one attached hydrogen (secondary N) is 1. The molecule has 9 heteroatoms. The molecule has 0 bridgehead atoms. The van der Waals surface area contributed by atoms with E-state index in [2.05, 4.69) is 10.3 Å². The number of anilines is 1. The molecule has 3 atom stereocenters. The maximum absolute atomic E-state index is 12.7. The standard InChI is InChI=1S/C31H28N2O6S/c34-18-20-6-8-21(9-7-20)28-16-26(19-40-27-12-10-22(11-13-27)30(36)37)38-31(39-28)23-3-1-5-25(15-23)33-29(35)24-4-2-14-32-17-24/h1-15,17,26,28,31,34H,16,18-19H2,(H,33,35)(H,36,37)/t26-,28+,31+/m0/s1. The number of aromatic nitrogens is 1. The van der Waals surface area contributed by atoms with Gasteiger partial charge < -0.3 is 25.0 Å². The van der Waals surface area contributed by atoms with E-state index in [9.17, 15) is 14.7 Å². The fourth-order valence-corrected chi connectivity index (χ4v) is 5.29. The Morgan fingerprint density at radius 1 is 0.925 bits per heavy atom. The summed E-state index contributed by atoms with van der Waals surface area (Å²) < 4.78 is 12.8. The maximum Gasteiger partial charge on any atom is 0.335 e. The van der Waals surface area contributed by atoms with Crippen LogP contribution in [0.15, 0.2) is 102 Å². The Hall–Kier alpha value is -4.02. The number of ether oxygens (including phenoxy) is 2. The number of carboxylic acids is 1. The Kier molecular flexibility index (Phi) is 8.87. The summed E-state index contributed by atoms with van der Waals surface area (Å²) in [6.45, 7) is -0.0327. The molecule has 1 aromatic heterocycles. The van der Waals surface area contributed by atoms with E-state index in [0.29, 0.717) is 23.4 Å². The third-order valence-corrected chi connectivity index (χ3v) is 7.64. The minimum absolute atomic E-state index is 0.0327. The zero-order chi connectivity index (χ0) is 27.9. The predicted octanol–water partition coefficient (Wildman–Crippen LogP) is 5.86. The summed E-state index contributed by atoms with van der Waals surface area (Å²) in [7, 11) is 0. The lowest BCUT2D eigenvalue weighted by atomic mass is 10.0. The van der Waals surface area contributed by atoms with Gasteiger partial charge in [-0.25, -0.2) is 4.79 Å². The Bertz CT molecular complexity index is 1450. The van der Waals surface area contributed by atoms with Gasteiger partial charge in [0.15, 0.2) is 6.29 Å². The normalized spacial score (nSPS) is 18.7. The molecule has 0 radical (unpaired) electrons. The summed E-state index contributed by atoms with van der Waals surface area (Å²) in [6.07, 6.45) is 2.65. The van der Waals surface area contributed by atoms with Crippen LogP contribution in [0.1, 0.15) is 56.2 Å². The van der Waals surface area contributed by atoms with E-state index in [1.165, 1.54) is 6.20 Å². The molecule has 0 saturated carbocycles. The summed E-state index contributed by atoms with van der Waals surface area (Å²) in [5.74, 6) is -0.587. The van der Waals surface area contributed by atoms with E-state index in [1.54, 1.807) is 60.4 Å². The van der Waals surface area contributed by atoms with E-state index in [-0.39, 0.29) is 30.3 Å². The summed E-state index contributed by atoms with van der Waals surface area (Å²) in [5.41, 5.74) is 3.87. The summed E-state index contributed by atoms with van der Waals surface area (Å²) in [5, 5.41) is 21.5. The molecule has 40 heavy (non-hydrogen) atoms. The van der Waals surface area contributed by atoms with Gasteiger partial charge in [-0.05, 0) is 59.7 Å². The van der Waals surface area contributed by atoms with Gasteiger partial charge in [0.2, 0.25) is 0 Å². The molecule has 0 aliphatic carbocycles. The lowest BCUT2D eigenvalue weighted by molar-refractivity contribution is -0.245. The number of benzene rings is 3. The molecule has 1 aliphatic rings. The first kappa shape index (κ1) is 27.5. The van der Waals surface area contributed by atoms with Gasteiger partial charge in [0, 0.05) is 40.7 Å². The third kappa shape index (κ3) is 6.94. The average molecular weight is 557 g/mol. The molecule has 2 heterocycles. The number of carboxylic acid groups (broad SMARTS) is 1. The van der Waals surface area contributed by atoms with Gasteiger partial charge in [0.05, 0.1) is 29.9 Å². The molecular weight excluding hydrogens is 528 g/mol. The maximum atomic E-state index is 12.7. The van der Waals surface area contributed by atoms with Crippen LogP contribution < -0.4 is 5.32 Å². The van der Waals surface area contributed by atoms with Crippen LogP contribution in [0.5, 0.6) is 0 Å². The summed E-state index contributed by atoms with van der Waals surface area (Å²) in [6, 6.07) is 25.2. The monoisotopic (exact) mass is 556 g/mol. The third-order valence-electron chi connectivity index (χ3n) is 6.49. The van der Waals surface area contributed by atoms with Crippen LogP contribution in [-0.2, 0) is 16.1 Å². The van der Waals surface area contributed by atoms with Crippen molar-refractivity contribution in [1.82, 2.24) is 4.98 Å². The second kappa shape index (κ2) is 12.9. The number of aliphatic hydroxyl groups excluding tert-OH is 1. The van der Waals surface area contributed by atoms with Gasteiger partial charge in [0.25, 0.3) is 5.91 Å². The quantitative estimate of drug-likeness (QED) is 0.219. The van der Waals surface area contributed by atoms with Gasteiger partial charge in [0.1, 0.15) is 0 Å². The highest BCUT2D eigenvalue weighted by atomic mass is 32.2. The predicted molar refractivity (Wildman–Crippen MR) is 151 cm³/mol. The van der Waals surface area contributed by atoms with Crippen LogP contribution >= 0.6 is 11.8 Å². The van der Waals surface area contributed by atoms with Crippen molar-refractivity contribution < 1.29 is 29.3 Å². The van der Waals surface area contributed by atoms with E-state index >= 15 is 0 Å². The number of hydrogen-bond acceptors (Lipinski definition) is 7. The molecule has 3 aromatic carbocycles. The molecular formula is C31H28N2O6S. The van der Waals surface area contributed by atoms with Crippen LogP contribution in [-0.4, -0.2) is 38.9 Å². The number of thioether (sulfide) groups is 1. The number of pyridine rings is 1. The Morgan fingerprint density at radius 2 is 1.73 bits per heavy atom. The van der Waals surface area contributed by atoms with Crippen molar-refractivity contribution in [2.75, 3.05) is 11.1 Å². The largest absolute Gasteiger partial charge is 0.478 e. The second-order valence-corrected chi connectivity index (χ2v) is 10.4. The number of rotatable bonds is 9. The molecule has 4 aromatic rings. The van der Waals surface area contributed by atoms with Crippen molar-refractivity contribution in [3.05, 3.63) is 125 Å². The molecule has 1 amide bonds. The van der Waals surface area contributed by atoms with Crippen LogP contribution in [0, 0.1) is 0 Å². The first-order valence-electron chi connectivity index (χ1n) is 12.8. The van der Waals surface area contributed by atoms with E-state index in [1.807, 2.05) is 42.5 Å². The zero-order valence-corrected chi connectivity index (χ0v) is 22.3. The Morgan fingerprint density at radius 3 is 2.42 bits per heavy atom. The van der Waals surface area contributed by atoms with Gasteiger partial charge in [-0.2, -0.15) is 0 Å². The van der Waals surface area contributed by atoms with E-state index < -0.39 is 12.3 Å². The molecule has 1 aliphatic heterocycles. The number of aliphatic hydroxyl groups is 1. The van der Waals surface area contributed by atoms with Crippen LogP contribution in [0.2, 0.25) is 0 Å². The number of amides is 1. The lowest BCUT2D eigenvalue weighted by Gasteiger charge is -2.36. The first-order valence-corrected chi connectivity index (χ1v) is 13.7. The van der Waals surface area contributed by atoms with Crippen LogP contribution in [0.4, 0.5) is 5.69 Å². The average Bonchev–Trinajstić information content (AvgIpc) is 3.00. The summed E-state index contributed by atoms with van der Waals surface area (Å²) >= 11 is 1.59. The molecule has 204 valence electrons. The molecule has 1 saturated heterocycles. The van der Waals surface area contributed by atoms with Crippen molar-refractivity contribution in [3.8, 4) is 0 Å². The molecule has 8 nitrogen and oxygen atoms in total. The van der Waals surface area contributed by atoms with Gasteiger partial charge in [-0.1, -0.05) is 36.4 Å². The number of hydrogen-bond donors (Lipinski definition) is 3. The highest BCUT2D eigenvalue weighted by molar-refractivity contribution is 7.99. The minimum Gasteiger partial charge on any atom is -0.478 e.